The number of likely N-dealkylation sites (N-methyl/N-ethyl adjacent to an activating group) is 1. The second kappa shape index (κ2) is 12.2. The molecule has 1 aliphatic heterocycles. The van der Waals surface area contributed by atoms with Crippen LogP contribution in [0.1, 0.15) is 20.3 Å². The van der Waals surface area contributed by atoms with Crippen molar-refractivity contribution < 1.29 is 0 Å². The first-order chi connectivity index (χ1) is 12.7. The maximum absolute atomic E-state index is 4.77. The van der Waals surface area contributed by atoms with E-state index in [1.54, 1.807) is 0 Å². The molecule has 0 aromatic heterocycles. The van der Waals surface area contributed by atoms with Crippen LogP contribution in [0.25, 0.3) is 0 Å². The number of hydrogen-bond acceptors (Lipinski definition) is 4. The Balaban J connectivity index is 1.73. The van der Waals surface area contributed by atoms with Gasteiger partial charge in [0.1, 0.15) is 0 Å². The van der Waals surface area contributed by atoms with Gasteiger partial charge in [0.2, 0.25) is 0 Å². The molecule has 0 amide bonds. The van der Waals surface area contributed by atoms with Gasteiger partial charge in [-0.15, -0.1) is 11.8 Å². The molecule has 6 heteroatoms. The van der Waals surface area contributed by atoms with Crippen molar-refractivity contribution in [2.75, 3.05) is 59.4 Å². The van der Waals surface area contributed by atoms with Gasteiger partial charge < -0.3 is 20.4 Å². The van der Waals surface area contributed by atoms with Crippen LogP contribution in [0.15, 0.2) is 40.2 Å². The number of benzene rings is 1. The lowest BCUT2D eigenvalue weighted by Crippen LogP contribution is -2.42. The predicted molar refractivity (Wildman–Crippen MR) is 114 cm³/mol. The summed E-state index contributed by atoms with van der Waals surface area (Å²) in [5.74, 6) is 0.931. The number of aliphatic imine (C=N–C) groups is 1. The van der Waals surface area contributed by atoms with E-state index < -0.39 is 0 Å². The molecule has 0 bridgehead atoms. The average molecular weight is 378 g/mol. The van der Waals surface area contributed by atoms with E-state index in [9.17, 15) is 0 Å². The Labute approximate surface area is 163 Å². The number of hydrogen-bond donors (Lipinski definition) is 2. The van der Waals surface area contributed by atoms with Crippen molar-refractivity contribution in [3.05, 3.63) is 30.3 Å². The summed E-state index contributed by atoms with van der Waals surface area (Å²) in [6.07, 6.45) is 1.26. The lowest BCUT2D eigenvalue weighted by molar-refractivity contribution is 0.280. The highest BCUT2D eigenvalue weighted by atomic mass is 32.2. The van der Waals surface area contributed by atoms with Gasteiger partial charge in [-0.1, -0.05) is 25.1 Å². The quantitative estimate of drug-likeness (QED) is 0.414. The van der Waals surface area contributed by atoms with Crippen LogP contribution in [0.4, 0.5) is 0 Å². The molecule has 1 saturated heterocycles. The number of rotatable bonds is 8. The molecule has 0 saturated carbocycles. The van der Waals surface area contributed by atoms with Crippen molar-refractivity contribution in [3.8, 4) is 0 Å². The fourth-order valence-corrected chi connectivity index (χ4v) is 3.91. The predicted octanol–water partition coefficient (Wildman–Crippen LogP) is 2.36. The Morgan fingerprint density at radius 3 is 2.73 bits per heavy atom. The van der Waals surface area contributed by atoms with Gasteiger partial charge in [0, 0.05) is 42.9 Å². The highest BCUT2D eigenvalue weighted by Gasteiger charge is 2.11. The summed E-state index contributed by atoms with van der Waals surface area (Å²) in [6, 6.07) is 10.6. The van der Waals surface area contributed by atoms with E-state index >= 15 is 0 Å². The van der Waals surface area contributed by atoms with E-state index in [0.29, 0.717) is 5.25 Å². The smallest absolute Gasteiger partial charge is 0.191 e. The topological polar surface area (TPSA) is 42.9 Å². The Hall–Kier alpha value is -1.24. The minimum atomic E-state index is 0.453. The highest BCUT2D eigenvalue weighted by Crippen LogP contribution is 2.22. The van der Waals surface area contributed by atoms with Crippen LogP contribution in [0.2, 0.25) is 0 Å². The molecule has 2 N–H and O–H groups in total. The summed E-state index contributed by atoms with van der Waals surface area (Å²) in [5, 5.41) is 7.31. The molecule has 0 radical (unpaired) electrons. The van der Waals surface area contributed by atoms with Crippen molar-refractivity contribution in [2.45, 2.75) is 30.4 Å². The molecular weight excluding hydrogens is 342 g/mol. The van der Waals surface area contributed by atoms with Crippen molar-refractivity contribution in [2.24, 2.45) is 4.99 Å². The van der Waals surface area contributed by atoms with Crippen LogP contribution in [-0.4, -0.2) is 80.4 Å². The van der Waals surface area contributed by atoms with Gasteiger partial charge in [0.15, 0.2) is 5.96 Å². The van der Waals surface area contributed by atoms with Gasteiger partial charge >= 0.3 is 0 Å². The minimum Gasteiger partial charge on any atom is -0.357 e. The lowest BCUT2D eigenvalue weighted by atomic mass is 10.4. The van der Waals surface area contributed by atoms with Gasteiger partial charge in [-0.3, -0.25) is 4.99 Å². The molecule has 1 unspecified atom stereocenters. The third-order valence-electron chi connectivity index (χ3n) is 4.46. The molecule has 1 aliphatic rings. The molecule has 26 heavy (non-hydrogen) atoms. The van der Waals surface area contributed by atoms with Crippen LogP contribution in [-0.2, 0) is 0 Å². The van der Waals surface area contributed by atoms with Crippen LogP contribution in [0, 0.1) is 0 Å². The summed E-state index contributed by atoms with van der Waals surface area (Å²) in [7, 11) is 2.21. The van der Waals surface area contributed by atoms with E-state index in [1.807, 2.05) is 11.8 Å². The molecule has 2 rings (SSSR count). The van der Waals surface area contributed by atoms with Crippen LogP contribution in [0.3, 0.4) is 0 Å². The first-order valence-corrected chi connectivity index (χ1v) is 10.7. The zero-order valence-corrected chi connectivity index (χ0v) is 17.4. The van der Waals surface area contributed by atoms with E-state index in [0.717, 1.165) is 38.7 Å². The van der Waals surface area contributed by atoms with E-state index in [2.05, 4.69) is 71.7 Å². The van der Waals surface area contributed by atoms with Crippen molar-refractivity contribution in [1.82, 2.24) is 20.4 Å². The Morgan fingerprint density at radius 1 is 1.15 bits per heavy atom. The fraction of sp³-hybridized carbons (Fsp3) is 0.650. The first kappa shape index (κ1) is 21.1. The van der Waals surface area contributed by atoms with Crippen molar-refractivity contribution in [1.29, 1.82) is 0 Å². The summed E-state index contributed by atoms with van der Waals surface area (Å²) in [4.78, 5) is 11.0. The van der Waals surface area contributed by atoms with E-state index in [-0.39, 0.29) is 0 Å². The molecule has 1 heterocycles. The average Bonchev–Trinajstić information content (AvgIpc) is 2.85. The van der Waals surface area contributed by atoms with Gasteiger partial charge in [-0.05, 0) is 45.6 Å². The van der Waals surface area contributed by atoms with Gasteiger partial charge in [0.05, 0.1) is 6.54 Å². The molecule has 146 valence electrons. The highest BCUT2D eigenvalue weighted by molar-refractivity contribution is 8.00. The van der Waals surface area contributed by atoms with Crippen LogP contribution >= 0.6 is 11.8 Å². The van der Waals surface area contributed by atoms with Crippen LogP contribution in [0.5, 0.6) is 0 Å². The normalized spacial score (nSPS) is 18.3. The number of guanidine groups is 1. The van der Waals surface area contributed by atoms with Crippen molar-refractivity contribution >= 4 is 17.7 Å². The maximum Gasteiger partial charge on any atom is 0.191 e. The van der Waals surface area contributed by atoms with E-state index in [1.165, 1.54) is 31.0 Å². The molecular formula is C20H35N5S. The largest absolute Gasteiger partial charge is 0.357 e. The zero-order chi connectivity index (χ0) is 18.6. The number of nitrogens with one attached hydrogen (secondary N) is 2. The fourth-order valence-electron chi connectivity index (χ4n) is 2.99. The van der Waals surface area contributed by atoms with Crippen molar-refractivity contribution in [3.63, 3.8) is 0 Å². The molecule has 0 aliphatic carbocycles. The van der Waals surface area contributed by atoms with Gasteiger partial charge in [-0.2, -0.15) is 0 Å². The summed E-state index contributed by atoms with van der Waals surface area (Å²) in [5.41, 5.74) is 0. The van der Waals surface area contributed by atoms with Gasteiger partial charge in [-0.25, -0.2) is 0 Å². The summed E-state index contributed by atoms with van der Waals surface area (Å²) in [6.45, 7) is 12.8. The zero-order valence-electron chi connectivity index (χ0n) is 16.6. The SMILES string of the molecule is CCNC(=NCC(C)Sc1ccccc1)NCCN1CCCN(C)CC1. The molecule has 1 fully saturated rings. The monoisotopic (exact) mass is 377 g/mol. The Bertz CT molecular complexity index is 522. The minimum absolute atomic E-state index is 0.453. The molecule has 1 aromatic rings. The number of nitrogens with zero attached hydrogens (tertiary/aromatic N) is 3. The standard InChI is InChI=1S/C20H35N5S/c1-4-21-20(22-11-14-25-13-8-12-24(3)15-16-25)23-17-18(2)26-19-9-6-5-7-10-19/h5-7,9-10,18H,4,8,11-17H2,1-3H3,(H2,21,22,23). The Kier molecular flexibility index (Phi) is 9.89. The first-order valence-electron chi connectivity index (χ1n) is 9.82. The molecule has 1 aromatic carbocycles. The summed E-state index contributed by atoms with van der Waals surface area (Å²) < 4.78 is 0. The van der Waals surface area contributed by atoms with Crippen LogP contribution < -0.4 is 10.6 Å². The molecule has 1 atom stereocenters. The molecule has 5 nitrogen and oxygen atoms in total. The third-order valence-corrected chi connectivity index (χ3v) is 5.56. The second-order valence-corrected chi connectivity index (χ2v) is 8.40. The maximum atomic E-state index is 4.77. The van der Waals surface area contributed by atoms with E-state index in [4.69, 9.17) is 4.99 Å². The summed E-state index contributed by atoms with van der Waals surface area (Å²) >= 11 is 1.88. The third kappa shape index (κ3) is 8.43. The Morgan fingerprint density at radius 2 is 1.96 bits per heavy atom. The van der Waals surface area contributed by atoms with Gasteiger partial charge in [0.25, 0.3) is 0 Å². The number of thioether (sulfide) groups is 1. The lowest BCUT2D eigenvalue weighted by Gasteiger charge is -2.21. The second-order valence-electron chi connectivity index (χ2n) is 6.89. The molecule has 0 spiro atoms.